The third kappa shape index (κ3) is 4.71. The second-order valence-corrected chi connectivity index (χ2v) is 6.76. The first kappa shape index (κ1) is 18.3. The zero-order valence-corrected chi connectivity index (χ0v) is 14.5. The molecule has 0 radical (unpaired) electrons. The molecule has 6 heteroatoms. The number of aliphatic carboxylic acids is 1. The highest BCUT2D eigenvalue weighted by Crippen LogP contribution is 2.25. The lowest BCUT2D eigenvalue weighted by molar-refractivity contribution is -0.145. The van der Waals surface area contributed by atoms with E-state index in [-0.39, 0.29) is 30.4 Å². The van der Waals surface area contributed by atoms with Crippen LogP contribution in [0.25, 0.3) is 10.6 Å². The third-order valence-electron chi connectivity index (χ3n) is 4.12. The summed E-state index contributed by atoms with van der Waals surface area (Å²) in [5.41, 5.74) is 1.42. The van der Waals surface area contributed by atoms with Crippen LogP contribution in [-0.4, -0.2) is 21.8 Å². The molecule has 0 saturated carbocycles. The van der Waals surface area contributed by atoms with Gasteiger partial charge in [-0.1, -0.05) is 20.3 Å². The van der Waals surface area contributed by atoms with Gasteiger partial charge in [-0.25, -0.2) is 9.37 Å². The number of carboxylic acids is 1. The summed E-state index contributed by atoms with van der Waals surface area (Å²) >= 11 is 1.38. The van der Waals surface area contributed by atoms with E-state index in [0.29, 0.717) is 5.69 Å². The van der Waals surface area contributed by atoms with Gasteiger partial charge in [0.25, 0.3) is 0 Å². The van der Waals surface area contributed by atoms with Gasteiger partial charge >= 0.3 is 5.97 Å². The molecule has 0 aliphatic rings. The number of halogens is 1. The summed E-state index contributed by atoms with van der Waals surface area (Å²) in [6, 6.07) is 6.02. The number of hydrogen-bond acceptors (Lipinski definition) is 4. The number of carbonyl (C=O) groups excluding carboxylic acids is 1. The number of benzene rings is 1. The van der Waals surface area contributed by atoms with E-state index in [9.17, 15) is 19.1 Å². The first-order valence-electron chi connectivity index (χ1n) is 7.85. The van der Waals surface area contributed by atoms with Crippen LogP contribution in [-0.2, 0) is 16.0 Å². The molecule has 4 nitrogen and oxygen atoms in total. The summed E-state index contributed by atoms with van der Waals surface area (Å²) in [5.74, 6) is -2.06. The van der Waals surface area contributed by atoms with Crippen molar-refractivity contribution >= 4 is 23.1 Å². The van der Waals surface area contributed by atoms with Crippen LogP contribution >= 0.6 is 11.3 Å². The topological polar surface area (TPSA) is 67.3 Å². The molecule has 2 atom stereocenters. The molecule has 0 fully saturated rings. The van der Waals surface area contributed by atoms with Crippen molar-refractivity contribution in [1.29, 1.82) is 0 Å². The Labute approximate surface area is 144 Å². The number of rotatable bonds is 8. The largest absolute Gasteiger partial charge is 0.481 e. The zero-order valence-electron chi connectivity index (χ0n) is 13.7. The smallest absolute Gasteiger partial charge is 0.307 e. The minimum atomic E-state index is -0.928. The van der Waals surface area contributed by atoms with Gasteiger partial charge in [0, 0.05) is 23.8 Å². The lowest BCUT2D eigenvalue weighted by Crippen LogP contribution is -2.25. The Morgan fingerprint density at radius 1 is 1.29 bits per heavy atom. The number of thiazole rings is 1. The summed E-state index contributed by atoms with van der Waals surface area (Å²) in [6.45, 7) is 3.77. The van der Waals surface area contributed by atoms with Gasteiger partial charge in [-0.15, -0.1) is 11.3 Å². The van der Waals surface area contributed by atoms with Crippen LogP contribution in [0.1, 0.15) is 32.4 Å². The molecule has 0 saturated heterocycles. The van der Waals surface area contributed by atoms with Crippen LogP contribution in [0, 0.1) is 17.7 Å². The van der Waals surface area contributed by atoms with E-state index in [0.717, 1.165) is 17.0 Å². The predicted molar refractivity (Wildman–Crippen MR) is 91.4 cm³/mol. The Kier molecular flexibility index (Phi) is 6.20. The van der Waals surface area contributed by atoms with E-state index in [1.807, 2.05) is 13.8 Å². The van der Waals surface area contributed by atoms with Crippen molar-refractivity contribution < 1.29 is 19.1 Å². The molecule has 1 heterocycles. The Morgan fingerprint density at radius 3 is 2.54 bits per heavy atom. The van der Waals surface area contributed by atoms with E-state index in [1.165, 1.54) is 23.5 Å². The fourth-order valence-corrected chi connectivity index (χ4v) is 3.27. The standard InChI is InChI=1S/C18H20FNO3S/c1-3-11(2)16(18(22)23)9-15(21)8-14-10-24-17(20-14)12-4-6-13(19)7-5-12/h4-7,10-11,16H,3,8-9H2,1-2H3,(H,22,23)/t11-,16-/m0/s1. The molecule has 2 aromatic rings. The third-order valence-corrected chi connectivity index (χ3v) is 5.06. The number of carbonyl (C=O) groups is 2. The van der Waals surface area contributed by atoms with Crippen LogP contribution in [0.15, 0.2) is 29.6 Å². The van der Waals surface area contributed by atoms with Gasteiger partial charge in [0.2, 0.25) is 0 Å². The van der Waals surface area contributed by atoms with E-state index in [4.69, 9.17) is 0 Å². The Hall–Kier alpha value is -2.08. The zero-order chi connectivity index (χ0) is 17.7. The Morgan fingerprint density at radius 2 is 1.96 bits per heavy atom. The molecule has 0 bridgehead atoms. The molecule has 0 amide bonds. The number of ketones is 1. The molecule has 1 N–H and O–H groups in total. The average molecular weight is 349 g/mol. The van der Waals surface area contributed by atoms with Crippen molar-refractivity contribution in [3.63, 3.8) is 0 Å². The monoisotopic (exact) mass is 349 g/mol. The fourth-order valence-electron chi connectivity index (χ4n) is 2.45. The minimum Gasteiger partial charge on any atom is -0.481 e. The van der Waals surface area contributed by atoms with Crippen LogP contribution in [0.2, 0.25) is 0 Å². The Bertz CT molecular complexity index is 711. The highest BCUT2D eigenvalue weighted by molar-refractivity contribution is 7.13. The van der Waals surface area contributed by atoms with Gasteiger partial charge in [-0.2, -0.15) is 0 Å². The highest BCUT2D eigenvalue weighted by atomic mass is 32.1. The molecule has 2 rings (SSSR count). The molecule has 0 aliphatic heterocycles. The van der Waals surface area contributed by atoms with Gasteiger partial charge < -0.3 is 5.11 Å². The van der Waals surface area contributed by atoms with E-state index >= 15 is 0 Å². The van der Waals surface area contributed by atoms with Crippen molar-refractivity contribution in [2.75, 3.05) is 0 Å². The Balaban J connectivity index is 2.02. The lowest BCUT2D eigenvalue weighted by atomic mass is 9.87. The van der Waals surface area contributed by atoms with Crippen molar-refractivity contribution in [2.45, 2.75) is 33.1 Å². The molecule has 24 heavy (non-hydrogen) atoms. The van der Waals surface area contributed by atoms with Crippen LogP contribution < -0.4 is 0 Å². The van der Waals surface area contributed by atoms with Crippen LogP contribution in [0.4, 0.5) is 4.39 Å². The first-order valence-corrected chi connectivity index (χ1v) is 8.73. The lowest BCUT2D eigenvalue weighted by Gasteiger charge is -2.17. The maximum Gasteiger partial charge on any atom is 0.307 e. The molecular formula is C18H20FNO3S. The van der Waals surface area contributed by atoms with Gasteiger partial charge in [0.05, 0.1) is 11.6 Å². The van der Waals surface area contributed by atoms with Crippen molar-refractivity contribution in [1.82, 2.24) is 4.98 Å². The SMILES string of the molecule is CC[C@H](C)[C@H](CC(=O)Cc1csc(-c2ccc(F)cc2)n1)C(=O)O. The maximum absolute atomic E-state index is 13.0. The average Bonchev–Trinajstić information content (AvgIpc) is 3.00. The number of hydrogen-bond donors (Lipinski definition) is 1. The van der Waals surface area contributed by atoms with Crippen molar-refractivity contribution in [3.8, 4) is 10.6 Å². The van der Waals surface area contributed by atoms with Gasteiger partial charge in [0.1, 0.15) is 16.6 Å². The molecule has 1 aromatic heterocycles. The summed E-state index contributed by atoms with van der Waals surface area (Å²) in [6.07, 6.45) is 0.862. The normalized spacial score (nSPS) is 13.5. The molecule has 0 spiro atoms. The van der Waals surface area contributed by atoms with Gasteiger partial charge in [-0.3, -0.25) is 9.59 Å². The highest BCUT2D eigenvalue weighted by Gasteiger charge is 2.26. The van der Waals surface area contributed by atoms with Crippen molar-refractivity contribution in [2.24, 2.45) is 11.8 Å². The quantitative estimate of drug-likeness (QED) is 0.776. The summed E-state index contributed by atoms with van der Waals surface area (Å²) < 4.78 is 13.0. The predicted octanol–water partition coefficient (Wildman–Crippen LogP) is 4.20. The van der Waals surface area contributed by atoms with Crippen LogP contribution in [0.3, 0.4) is 0 Å². The van der Waals surface area contributed by atoms with E-state index in [2.05, 4.69) is 4.98 Å². The van der Waals surface area contributed by atoms with Gasteiger partial charge in [-0.05, 0) is 30.2 Å². The van der Waals surface area contributed by atoms with Crippen LogP contribution in [0.5, 0.6) is 0 Å². The minimum absolute atomic E-state index is 0.0216. The number of nitrogens with zero attached hydrogens (tertiary/aromatic N) is 1. The summed E-state index contributed by atoms with van der Waals surface area (Å²) in [7, 11) is 0. The molecule has 0 aliphatic carbocycles. The number of Topliss-reactive ketones (excluding diaryl/α,β-unsaturated/α-hetero) is 1. The molecule has 128 valence electrons. The molecular weight excluding hydrogens is 329 g/mol. The molecule has 0 unspecified atom stereocenters. The van der Waals surface area contributed by atoms with E-state index in [1.54, 1.807) is 17.5 Å². The summed E-state index contributed by atoms with van der Waals surface area (Å²) in [5, 5.41) is 11.8. The number of carboxylic acid groups (broad SMARTS) is 1. The summed E-state index contributed by atoms with van der Waals surface area (Å²) in [4.78, 5) is 27.9. The fraction of sp³-hybridized carbons (Fsp3) is 0.389. The van der Waals surface area contributed by atoms with Gasteiger partial charge in [0.15, 0.2) is 0 Å². The second-order valence-electron chi connectivity index (χ2n) is 5.90. The second kappa shape index (κ2) is 8.15. The number of aromatic nitrogens is 1. The van der Waals surface area contributed by atoms with E-state index < -0.39 is 11.9 Å². The van der Waals surface area contributed by atoms with Crippen molar-refractivity contribution in [3.05, 3.63) is 41.2 Å². The maximum atomic E-state index is 13.0. The molecule has 1 aromatic carbocycles. The first-order chi connectivity index (χ1) is 11.4.